The van der Waals surface area contributed by atoms with Crippen LogP contribution in [0.1, 0.15) is 92.2 Å². The van der Waals surface area contributed by atoms with Crippen molar-refractivity contribution < 1.29 is 27.8 Å². The highest BCUT2D eigenvalue weighted by molar-refractivity contribution is 7.89. The molecule has 8 rings (SSSR count). The van der Waals surface area contributed by atoms with Gasteiger partial charge in [0.05, 0.1) is 23.7 Å². The SMILES string of the molecule is Cc1ccc(S(=O)(=O)NC(Cc2ccccc2)C(=O)NCc2cccc(-c3ccc(C4OC(CN5CC6(C)CC5CC(C)(C)C6)CC(c5ccc(CO)cc5)O4)cc3)c2)cc1. The molecule has 2 saturated heterocycles. The molecule has 6 unspecified atom stereocenters. The van der Waals surface area contributed by atoms with Crippen LogP contribution in [0.4, 0.5) is 0 Å². The lowest BCUT2D eigenvalue weighted by Gasteiger charge is -2.41. The minimum absolute atomic E-state index is 0.00360. The van der Waals surface area contributed by atoms with E-state index >= 15 is 0 Å². The van der Waals surface area contributed by atoms with Crippen LogP contribution in [0.25, 0.3) is 11.1 Å². The molecule has 9 nitrogen and oxygen atoms in total. The smallest absolute Gasteiger partial charge is 0.241 e. The molecule has 2 heterocycles. The Hall–Kier alpha value is -4.68. The molecule has 320 valence electrons. The summed E-state index contributed by atoms with van der Waals surface area (Å²) in [6.45, 7) is 11.4. The number of aliphatic hydroxyl groups excluding tert-OH is 1. The second-order valence-corrected chi connectivity index (χ2v) is 20.4. The highest BCUT2D eigenvalue weighted by Gasteiger charge is 2.50. The van der Waals surface area contributed by atoms with E-state index in [2.05, 4.69) is 72.1 Å². The van der Waals surface area contributed by atoms with Gasteiger partial charge in [0.2, 0.25) is 15.9 Å². The van der Waals surface area contributed by atoms with E-state index in [4.69, 9.17) is 9.47 Å². The average Bonchev–Trinajstić information content (AvgIpc) is 3.49. The highest BCUT2D eigenvalue weighted by atomic mass is 32.2. The Bertz CT molecular complexity index is 2390. The number of rotatable bonds is 14. The summed E-state index contributed by atoms with van der Waals surface area (Å²) >= 11 is 0. The number of nitrogens with zero attached hydrogens (tertiary/aromatic N) is 1. The average molecular weight is 842 g/mol. The largest absolute Gasteiger partial charge is 0.392 e. The van der Waals surface area contributed by atoms with Crippen molar-refractivity contribution in [1.82, 2.24) is 14.9 Å². The molecule has 1 aliphatic carbocycles. The van der Waals surface area contributed by atoms with Gasteiger partial charge in [-0.15, -0.1) is 0 Å². The van der Waals surface area contributed by atoms with E-state index in [0.717, 1.165) is 64.0 Å². The van der Waals surface area contributed by atoms with Gasteiger partial charge in [-0.05, 0) is 95.0 Å². The van der Waals surface area contributed by atoms with Gasteiger partial charge in [0, 0.05) is 37.7 Å². The third kappa shape index (κ3) is 10.5. The lowest BCUT2D eigenvalue weighted by molar-refractivity contribution is -0.253. The number of likely N-dealkylation sites (tertiary alicyclic amines) is 1. The molecule has 61 heavy (non-hydrogen) atoms. The van der Waals surface area contributed by atoms with Crippen LogP contribution >= 0.6 is 0 Å². The molecule has 2 bridgehead atoms. The van der Waals surface area contributed by atoms with E-state index in [0.29, 0.717) is 16.9 Å². The molecule has 1 amide bonds. The molecule has 3 aliphatic rings. The summed E-state index contributed by atoms with van der Waals surface area (Å²) in [5.74, 6) is -0.409. The predicted octanol–water partition coefficient (Wildman–Crippen LogP) is 8.81. The van der Waals surface area contributed by atoms with Crippen LogP contribution in [0.5, 0.6) is 0 Å². The Morgan fingerprint density at radius 2 is 1.51 bits per heavy atom. The van der Waals surface area contributed by atoms with Crippen molar-refractivity contribution in [3.05, 3.63) is 161 Å². The summed E-state index contributed by atoms with van der Waals surface area (Å²) < 4.78 is 43.0. The van der Waals surface area contributed by atoms with E-state index in [-0.39, 0.29) is 36.7 Å². The second kappa shape index (κ2) is 18.0. The van der Waals surface area contributed by atoms with Crippen LogP contribution in [-0.2, 0) is 43.9 Å². The lowest BCUT2D eigenvalue weighted by Crippen LogP contribution is -2.47. The summed E-state index contributed by atoms with van der Waals surface area (Å²) in [6, 6.07) is 39.9. The molecule has 6 atom stereocenters. The molecule has 5 aromatic rings. The third-order valence-electron chi connectivity index (χ3n) is 12.7. The fourth-order valence-corrected chi connectivity index (χ4v) is 11.3. The van der Waals surface area contributed by atoms with Crippen molar-refractivity contribution >= 4 is 15.9 Å². The van der Waals surface area contributed by atoms with Gasteiger partial charge in [-0.1, -0.05) is 136 Å². The number of carbonyl (C=O) groups is 1. The van der Waals surface area contributed by atoms with Gasteiger partial charge >= 0.3 is 0 Å². The first-order valence-electron chi connectivity index (χ1n) is 21.6. The lowest BCUT2D eigenvalue weighted by atomic mass is 9.65. The number of nitrogens with one attached hydrogen (secondary N) is 2. The molecule has 10 heteroatoms. The van der Waals surface area contributed by atoms with Gasteiger partial charge in [0.1, 0.15) is 6.04 Å². The first-order chi connectivity index (χ1) is 29.2. The number of hydrogen-bond donors (Lipinski definition) is 3. The first-order valence-corrected chi connectivity index (χ1v) is 23.1. The standard InChI is InChI=1S/C51H59N3O6S/c1-35-13-23-45(24-14-35)61(57,58)53-46(26-36-9-6-5-7-10-36)48(56)52-30-38-11-8-12-42(25-38)39-19-21-41(22-20-39)49-59-44(27-47(60-49)40-17-15-37(32-55)16-18-40)31-54-34-51(4)29-43(54)28-50(2,3)33-51/h5-25,43-44,46-47,49,53,55H,26-34H2,1-4H3,(H,52,56). The number of sulfonamides is 1. The number of fused-ring (bicyclic) bond motifs is 2. The number of aliphatic hydroxyl groups is 1. The van der Waals surface area contributed by atoms with Gasteiger partial charge in [-0.2, -0.15) is 4.72 Å². The minimum Gasteiger partial charge on any atom is -0.392 e. The third-order valence-corrected chi connectivity index (χ3v) is 14.2. The Kier molecular flexibility index (Phi) is 12.7. The van der Waals surface area contributed by atoms with Gasteiger partial charge < -0.3 is 19.9 Å². The summed E-state index contributed by atoms with van der Waals surface area (Å²) in [4.78, 5) is 16.5. The maximum atomic E-state index is 13.7. The van der Waals surface area contributed by atoms with Gasteiger partial charge in [-0.25, -0.2) is 8.42 Å². The number of hydrogen-bond acceptors (Lipinski definition) is 7. The molecule has 5 aromatic carbocycles. The maximum Gasteiger partial charge on any atom is 0.241 e. The van der Waals surface area contributed by atoms with Crippen LogP contribution in [0.3, 0.4) is 0 Å². The minimum atomic E-state index is -3.96. The van der Waals surface area contributed by atoms with Crippen LogP contribution in [0, 0.1) is 17.8 Å². The summed E-state index contributed by atoms with van der Waals surface area (Å²) in [5.41, 5.74) is 8.25. The van der Waals surface area contributed by atoms with Crippen LogP contribution in [-0.4, -0.2) is 55.6 Å². The predicted molar refractivity (Wildman–Crippen MR) is 239 cm³/mol. The quantitative estimate of drug-likeness (QED) is 0.102. The van der Waals surface area contributed by atoms with Gasteiger partial charge in [0.15, 0.2) is 6.29 Å². The van der Waals surface area contributed by atoms with E-state index < -0.39 is 28.3 Å². The number of amides is 1. The van der Waals surface area contributed by atoms with Gasteiger partial charge in [0.25, 0.3) is 0 Å². The fourth-order valence-electron chi connectivity index (χ4n) is 10.1. The molecule has 2 aliphatic heterocycles. The molecule has 0 aromatic heterocycles. The summed E-state index contributed by atoms with van der Waals surface area (Å²) in [6.07, 6.45) is 3.96. The highest BCUT2D eigenvalue weighted by Crippen LogP contribution is 2.53. The van der Waals surface area contributed by atoms with Crippen molar-refractivity contribution in [2.24, 2.45) is 10.8 Å². The molecule has 1 saturated carbocycles. The van der Waals surface area contributed by atoms with Crippen LogP contribution in [0.2, 0.25) is 0 Å². The van der Waals surface area contributed by atoms with Crippen LogP contribution < -0.4 is 10.0 Å². The number of aryl methyl sites for hydroxylation is 1. The van der Waals surface area contributed by atoms with Crippen molar-refractivity contribution in [3.63, 3.8) is 0 Å². The van der Waals surface area contributed by atoms with E-state index in [1.54, 1.807) is 24.3 Å². The van der Waals surface area contributed by atoms with Crippen molar-refractivity contribution in [3.8, 4) is 11.1 Å². The number of carbonyl (C=O) groups excluding carboxylic acids is 1. The van der Waals surface area contributed by atoms with Crippen molar-refractivity contribution in [2.45, 2.75) is 108 Å². The molecule has 0 spiro atoms. The van der Waals surface area contributed by atoms with Crippen LogP contribution in [0.15, 0.2) is 132 Å². The number of benzene rings is 5. The maximum absolute atomic E-state index is 13.7. The summed E-state index contributed by atoms with van der Waals surface area (Å²) in [7, 11) is -3.96. The van der Waals surface area contributed by atoms with E-state index in [1.807, 2.05) is 73.7 Å². The Morgan fingerprint density at radius 1 is 0.803 bits per heavy atom. The Labute approximate surface area is 361 Å². The molecule has 3 N–H and O–H groups in total. The molecule has 3 fully saturated rings. The first kappa shape index (κ1) is 43.0. The Balaban J connectivity index is 0.956. The zero-order chi connectivity index (χ0) is 42.8. The van der Waals surface area contributed by atoms with Gasteiger partial charge in [-0.3, -0.25) is 9.69 Å². The zero-order valence-electron chi connectivity index (χ0n) is 35.7. The normalized spacial score (nSPS) is 24.3. The molecule has 0 radical (unpaired) electrons. The summed E-state index contributed by atoms with van der Waals surface area (Å²) in [5, 5.41) is 12.7. The Morgan fingerprint density at radius 3 is 2.23 bits per heavy atom. The monoisotopic (exact) mass is 841 g/mol. The molecular formula is C51H59N3O6S. The fraction of sp³-hybridized carbons (Fsp3) is 0.392. The topological polar surface area (TPSA) is 117 Å². The van der Waals surface area contributed by atoms with Crippen molar-refractivity contribution in [2.75, 3.05) is 13.1 Å². The number of ether oxygens (including phenoxy) is 2. The van der Waals surface area contributed by atoms with Crippen molar-refractivity contribution in [1.29, 1.82) is 0 Å². The molecular weight excluding hydrogens is 783 g/mol. The van der Waals surface area contributed by atoms with E-state index in [1.165, 1.54) is 19.3 Å². The zero-order valence-corrected chi connectivity index (χ0v) is 36.5. The van der Waals surface area contributed by atoms with E-state index in [9.17, 15) is 18.3 Å². The second-order valence-electron chi connectivity index (χ2n) is 18.7.